The number of rotatable bonds is 3. The van der Waals surface area contributed by atoms with E-state index in [1.807, 2.05) is 9.58 Å². The van der Waals surface area contributed by atoms with Gasteiger partial charge in [-0.05, 0) is 12.5 Å². The van der Waals surface area contributed by atoms with E-state index in [0.29, 0.717) is 26.2 Å². The molecule has 0 saturated carbocycles. The van der Waals surface area contributed by atoms with Crippen LogP contribution in [-0.4, -0.2) is 88.9 Å². The monoisotopic (exact) mass is 362 g/mol. The van der Waals surface area contributed by atoms with Crippen molar-refractivity contribution in [2.75, 3.05) is 46.4 Å². The van der Waals surface area contributed by atoms with Crippen molar-refractivity contribution in [1.29, 1.82) is 0 Å². The lowest BCUT2D eigenvalue weighted by Gasteiger charge is -2.29. The molecule has 0 radical (unpaired) electrons. The maximum Gasteiger partial charge on any atom is 0.317 e. The molecule has 1 atom stereocenters. The molecule has 2 fully saturated rings. The van der Waals surface area contributed by atoms with Crippen LogP contribution < -0.4 is 5.32 Å². The second kappa shape index (κ2) is 7.24. The van der Waals surface area contributed by atoms with E-state index in [2.05, 4.69) is 16.3 Å². The molecule has 0 bridgehead atoms. The van der Waals surface area contributed by atoms with Crippen LogP contribution in [0.25, 0.3) is 0 Å². The summed E-state index contributed by atoms with van der Waals surface area (Å²) in [6, 6.07) is 1.47. The fourth-order valence-electron chi connectivity index (χ4n) is 3.80. The first-order chi connectivity index (χ1) is 12.6. The molecule has 1 aromatic rings. The van der Waals surface area contributed by atoms with E-state index < -0.39 is 6.04 Å². The predicted molar refractivity (Wildman–Crippen MR) is 93.3 cm³/mol. The Morgan fingerprint density at radius 1 is 1.31 bits per heavy atom. The molecule has 9 heteroatoms. The number of carbonyl (C=O) groups is 2. The Morgan fingerprint density at radius 3 is 3.00 bits per heavy atom. The van der Waals surface area contributed by atoms with Crippen LogP contribution in [0.3, 0.4) is 0 Å². The van der Waals surface area contributed by atoms with Crippen LogP contribution in [0.15, 0.2) is 6.07 Å². The summed E-state index contributed by atoms with van der Waals surface area (Å²) >= 11 is 0. The molecule has 0 aromatic carbocycles. The van der Waals surface area contributed by atoms with E-state index in [9.17, 15) is 9.59 Å². The number of amides is 3. The van der Waals surface area contributed by atoms with E-state index in [1.165, 1.54) is 0 Å². The van der Waals surface area contributed by atoms with E-state index in [1.54, 1.807) is 11.9 Å². The Hall–Kier alpha value is -2.13. The number of likely N-dealkylation sites (N-methyl/N-ethyl adjacent to an activating group) is 1. The van der Waals surface area contributed by atoms with Crippen LogP contribution in [0, 0.1) is 0 Å². The molecule has 1 aromatic heterocycles. The molecule has 3 amide bonds. The highest BCUT2D eigenvalue weighted by Crippen LogP contribution is 2.17. The first-order valence-electron chi connectivity index (χ1n) is 9.26. The predicted octanol–water partition coefficient (Wildman–Crippen LogP) is -0.529. The summed E-state index contributed by atoms with van der Waals surface area (Å²) in [6.07, 6.45) is 1.05. The van der Waals surface area contributed by atoms with Gasteiger partial charge in [0.15, 0.2) is 0 Å². The molecule has 1 unspecified atom stereocenters. The van der Waals surface area contributed by atoms with Gasteiger partial charge in [-0.15, -0.1) is 0 Å². The molecule has 9 nitrogen and oxygen atoms in total. The van der Waals surface area contributed by atoms with Gasteiger partial charge in [0.05, 0.1) is 37.6 Å². The van der Waals surface area contributed by atoms with Gasteiger partial charge >= 0.3 is 6.03 Å². The van der Waals surface area contributed by atoms with Gasteiger partial charge in [-0.1, -0.05) is 0 Å². The number of nitrogens with one attached hydrogen (secondary N) is 1. The maximum atomic E-state index is 12.7. The van der Waals surface area contributed by atoms with Crippen molar-refractivity contribution in [3.63, 3.8) is 0 Å². The Kier molecular flexibility index (Phi) is 4.82. The highest BCUT2D eigenvalue weighted by Gasteiger charge is 2.35. The van der Waals surface area contributed by atoms with E-state index >= 15 is 0 Å². The molecular weight excluding hydrogens is 336 g/mol. The van der Waals surface area contributed by atoms with Crippen LogP contribution in [0.4, 0.5) is 4.79 Å². The first kappa shape index (κ1) is 17.3. The average molecular weight is 362 g/mol. The van der Waals surface area contributed by atoms with Crippen molar-refractivity contribution in [3.8, 4) is 0 Å². The van der Waals surface area contributed by atoms with E-state index in [-0.39, 0.29) is 11.9 Å². The fraction of sp³-hybridized carbons (Fsp3) is 0.706. The van der Waals surface area contributed by atoms with Gasteiger partial charge in [-0.25, -0.2) is 4.79 Å². The largest absolute Gasteiger partial charge is 0.380 e. The average Bonchev–Trinajstić information content (AvgIpc) is 3.07. The summed E-state index contributed by atoms with van der Waals surface area (Å²) in [7, 11) is 1.70. The number of urea groups is 1. The van der Waals surface area contributed by atoms with Gasteiger partial charge in [0.2, 0.25) is 5.91 Å². The molecule has 0 spiro atoms. The standard InChI is InChI=1S/C17H26N6O3/c1-20-12-15(18-17(20)25)16(24)22-4-5-23-14(11-22)9-13(19-23)10-21-3-2-7-26-8-6-21/h9,15H,2-8,10-12H2,1H3,(H,18,25). The van der Waals surface area contributed by atoms with Crippen molar-refractivity contribution in [3.05, 3.63) is 17.5 Å². The molecule has 3 aliphatic rings. The number of ether oxygens (including phenoxy) is 1. The molecular formula is C17H26N6O3. The summed E-state index contributed by atoms with van der Waals surface area (Å²) in [5.74, 6) is -0.0126. The smallest absolute Gasteiger partial charge is 0.317 e. The van der Waals surface area contributed by atoms with Crippen molar-refractivity contribution < 1.29 is 14.3 Å². The normalized spacial score (nSPS) is 24.3. The molecule has 3 aliphatic heterocycles. The molecule has 1 N–H and O–H groups in total. The zero-order chi connectivity index (χ0) is 18.1. The Balaban J connectivity index is 1.38. The number of nitrogens with zero attached hydrogens (tertiary/aromatic N) is 5. The third-order valence-electron chi connectivity index (χ3n) is 5.26. The van der Waals surface area contributed by atoms with E-state index in [0.717, 1.165) is 50.7 Å². The lowest BCUT2D eigenvalue weighted by molar-refractivity contribution is -0.134. The van der Waals surface area contributed by atoms with Gasteiger partial charge in [-0.3, -0.25) is 14.4 Å². The number of hydrogen-bond donors (Lipinski definition) is 1. The number of carbonyl (C=O) groups excluding carboxylic acids is 2. The molecule has 4 heterocycles. The highest BCUT2D eigenvalue weighted by atomic mass is 16.5. The molecule has 0 aliphatic carbocycles. The van der Waals surface area contributed by atoms with Crippen molar-refractivity contribution in [2.24, 2.45) is 0 Å². The highest BCUT2D eigenvalue weighted by molar-refractivity contribution is 5.90. The molecule has 2 saturated heterocycles. The Morgan fingerprint density at radius 2 is 2.19 bits per heavy atom. The Labute approximate surface area is 152 Å². The number of aromatic nitrogens is 2. The van der Waals surface area contributed by atoms with Crippen LogP contribution in [0.1, 0.15) is 17.8 Å². The molecule has 142 valence electrons. The van der Waals surface area contributed by atoms with Crippen LogP contribution in [0.2, 0.25) is 0 Å². The van der Waals surface area contributed by atoms with Gasteiger partial charge in [0, 0.05) is 39.8 Å². The minimum Gasteiger partial charge on any atom is -0.380 e. The number of fused-ring (bicyclic) bond motifs is 1. The summed E-state index contributed by atoms with van der Waals surface area (Å²) in [4.78, 5) is 30.0. The summed E-state index contributed by atoms with van der Waals surface area (Å²) in [5, 5.41) is 7.45. The van der Waals surface area contributed by atoms with Crippen molar-refractivity contribution >= 4 is 11.9 Å². The Bertz CT molecular complexity index is 682. The minimum atomic E-state index is -0.446. The quantitative estimate of drug-likeness (QED) is 0.782. The SMILES string of the molecule is CN1CC(C(=O)N2CCn3nc(CN4CCCOCC4)cc3C2)NC1=O. The van der Waals surface area contributed by atoms with Crippen LogP contribution in [-0.2, 0) is 29.2 Å². The molecule has 26 heavy (non-hydrogen) atoms. The summed E-state index contributed by atoms with van der Waals surface area (Å²) in [5.41, 5.74) is 2.11. The van der Waals surface area contributed by atoms with E-state index in [4.69, 9.17) is 9.84 Å². The fourth-order valence-corrected chi connectivity index (χ4v) is 3.80. The second-order valence-electron chi connectivity index (χ2n) is 7.23. The van der Waals surface area contributed by atoms with Crippen molar-refractivity contribution in [1.82, 2.24) is 29.8 Å². The van der Waals surface area contributed by atoms with Gasteiger partial charge in [0.25, 0.3) is 0 Å². The number of hydrogen-bond acceptors (Lipinski definition) is 5. The summed E-state index contributed by atoms with van der Waals surface area (Å²) in [6.45, 7) is 6.68. The third-order valence-corrected chi connectivity index (χ3v) is 5.26. The second-order valence-corrected chi connectivity index (χ2v) is 7.23. The maximum absolute atomic E-state index is 12.7. The first-order valence-corrected chi connectivity index (χ1v) is 9.26. The topological polar surface area (TPSA) is 82.9 Å². The van der Waals surface area contributed by atoms with Crippen molar-refractivity contribution in [2.45, 2.75) is 32.1 Å². The minimum absolute atomic E-state index is 0.0126. The van der Waals surface area contributed by atoms with Gasteiger partial charge < -0.3 is 19.9 Å². The summed E-state index contributed by atoms with van der Waals surface area (Å²) < 4.78 is 7.51. The molecule has 4 rings (SSSR count). The van der Waals surface area contributed by atoms with Crippen LogP contribution in [0.5, 0.6) is 0 Å². The third kappa shape index (κ3) is 3.54. The van der Waals surface area contributed by atoms with Gasteiger partial charge in [0.1, 0.15) is 6.04 Å². The zero-order valence-electron chi connectivity index (χ0n) is 15.2. The zero-order valence-corrected chi connectivity index (χ0v) is 15.2. The van der Waals surface area contributed by atoms with Gasteiger partial charge in [-0.2, -0.15) is 5.10 Å². The van der Waals surface area contributed by atoms with Crippen LogP contribution >= 0.6 is 0 Å². The lowest BCUT2D eigenvalue weighted by atomic mass is 10.2. The lowest BCUT2D eigenvalue weighted by Crippen LogP contribution is -2.48.